The number of hydrogen-bond acceptors (Lipinski definition) is 6. The second-order valence-electron chi connectivity index (χ2n) is 3.24. The number of thioether (sulfide) groups is 1. The Labute approximate surface area is 101 Å². The van der Waals surface area contributed by atoms with Gasteiger partial charge in [-0.15, -0.1) is 10.2 Å². The van der Waals surface area contributed by atoms with Crippen molar-refractivity contribution < 1.29 is 9.34 Å². The zero-order chi connectivity index (χ0) is 12.3. The maximum Gasteiger partial charge on any atom is 0.270 e. The van der Waals surface area contributed by atoms with Crippen LogP contribution in [0.4, 0.5) is 5.69 Å². The first-order valence-corrected chi connectivity index (χ1v) is 6.16. The summed E-state index contributed by atoms with van der Waals surface area (Å²) in [5.74, 6) is 1.44. The van der Waals surface area contributed by atoms with Gasteiger partial charge in [0.1, 0.15) is 0 Å². The summed E-state index contributed by atoms with van der Waals surface area (Å²) in [7, 11) is 0. The average Bonchev–Trinajstić information content (AvgIpc) is 2.78. The van der Waals surface area contributed by atoms with Gasteiger partial charge in [0, 0.05) is 17.7 Å². The Bertz CT molecular complexity index is 541. The van der Waals surface area contributed by atoms with Gasteiger partial charge in [-0.2, -0.15) is 11.8 Å². The van der Waals surface area contributed by atoms with Crippen molar-refractivity contribution in [3.8, 4) is 11.5 Å². The van der Waals surface area contributed by atoms with E-state index in [2.05, 4.69) is 10.2 Å². The SMILES string of the molecule is CSCc1nnc(-c2cccc([N+](=O)[O-])c2)o1. The molecule has 1 aromatic heterocycles. The number of aromatic nitrogens is 2. The molecular weight excluding hydrogens is 242 g/mol. The maximum absolute atomic E-state index is 10.6. The molecule has 0 saturated carbocycles. The Hall–Kier alpha value is -1.89. The summed E-state index contributed by atoms with van der Waals surface area (Å²) in [6, 6.07) is 6.12. The van der Waals surface area contributed by atoms with Gasteiger partial charge >= 0.3 is 0 Å². The van der Waals surface area contributed by atoms with Crippen LogP contribution < -0.4 is 0 Å². The molecule has 0 fully saturated rings. The van der Waals surface area contributed by atoms with Gasteiger partial charge in [0.2, 0.25) is 11.8 Å². The van der Waals surface area contributed by atoms with E-state index >= 15 is 0 Å². The standard InChI is InChI=1S/C10H9N3O3S/c1-17-6-9-11-12-10(16-9)7-3-2-4-8(5-7)13(14)15/h2-5H,6H2,1H3. The molecule has 0 aliphatic heterocycles. The Morgan fingerprint density at radius 3 is 3.00 bits per heavy atom. The van der Waals surface area contributed by atoms with E-state index < -0.39 is 4.92 Å². The molecule has 0 bridgehead atoms. The number of hydrogen-bond donors (Lipinski definition) is 0. The van der Waals surface area contributed by atoms with Gasteiger partial charge < -0.3 is 4.42 Å². The van der Waals surface area contributed by atoms with Crippen molar-refractivity contribution in [2.45, 2.75) is 5.75 Å². The van der Waals surface area contributed by atoms with Crippen LogP contribution in [-0.2, 0) is 5.75 Å². The molecule has 0 amide bonds. The van der Waals surface area contributed by atoms with Crippen LogP contribution in [0.2, 0.25) is 0 Å². The fourth-order valence-electron chi connectivity index (χ4n) is 1.30. The minimum Gasteiger partial charge on any atom is -0.420 e. The molecule has 1 heterocycles. The smallest absolute Gasteiger partial charge is 0.270 e. The van der Waals surface area contributed by atoms with E-state index in [1.54, 1.807) is 23.9 Å². The topological polar surface area (TPSA) is 82.1 Å². The predicted molar refractivity (Wildman–Crippen MR) is 63.6 cm³/mol. The van der Waals surface area contributed by atoms with Gasteiger partial charge in [0.15, 0.2) is 0 Å². The van der Waals surface area contributed by atoms with Crippen LogP contribution >= 0.6 is 11.8 Å². The van der Waals surface area contributed by atoms with Crippen molar-refractivity contribution >= 4 is 17.4 Å². The minimum absolute atomic E-state index is 0.00659. The van der Waals surface area contributed by atoms with E-state index in [1.807, 2.05) is 6.26 Å². The average molecular weight is 251 g/mol. The molecule has 7 heteroatoms. The summed E-state index contributed by atoms with van der Waals surface area (Å²) in [6.07, 6.45) is 1.93. The molecule has 88 valence electrons. The molecule has 6 nitrogen and oxygen atoms in total. The lowest BCUT2D eigenvalue weighted by Gasteiger charge is -1.94. The van der Waals surface area contributed by atoms with Crippen molar-refractivity contribution in [2.75, 3.05) is 6.26 Å². The molecule has 17 heavy (non-hydrogen) atoms. The van der Waals surface area contributed by atoms with Crippen molar-refractivity contribution in [3.05, 3.63) is 40.3 Å². The first-order chi connectivity index (χ1) is 8.20. The molecule has 0 spiro atoms. The number of benzene rings is 1. The van der Waals surface area contributed by atoms with E-state index in [-0.39, 0.29) is 5.69 Å². The molecule has 0 radical (unpaired) electrons. The van der Waals surface area contributed by atoms with E-state index in [0.717, 1.165) is 0 Å². The first kappa shape index (κ1) is 11.6. The lowest BCUT2D eigenvalue weighted by atomic mass is 10.2. The van der Waals surface area contributed by atoms with Crippen LogP contribution in [0.15, 0.2) is 28.7 Å². The molecule has 0 aliphatic carbocycles. The summed E-state index contributed by atoms with van der Waals surface area (Å²) >= 11 is 1.57. The normalized spacial score (nSPS) is 10.4. The Morgan fingerprint density at radius 2 is 2.29 bits per heavy atom. The fourth-order valence-corrected chi connectivity index (χ4v) is 1.67. The molecule has 0 atom stereocenters. The third-order valence-electron chi connectivity index (χ3n) is 2.04. The highest BCUT2D eigenvalue weighted by Gasteiger charge is 2.12. The third-order valence-corrected chi connectivity index (χ3v) is 2.57. The molecular formula is C10H9N3O3S. The first-order valence-electron chi connectivity index (χ1n) is 4.77. The summed E-state index contributed by atoms with van der Waals surface area (Å²) < 4.78 is 5.38. The van der Waals surface area contributed by atoms with Crippen molar-refractivity contribution in [1.29, 1.82) is 0 Å². The summed E-state index contributed by atoms with van der Waals surface area (Å²) in [5.41, 5.74) is 0.561. The van der Waals surface area contributed by atoms with E-state index in [4.69, 9.17) is 4.42 Å². The van der Waals surface area contributed by atoms with Gasteiger partial charge in [-0.1, -0.05) is 6.07 Å². The molecule has 0 saturated heterocycles. The van der Waals surface area contributed by atoms with Gasteiger partial charge in [-0.3, -0.25) is 10.1 Å². The van der Waals surface area contributed by atoms with Crippen molar-refractivity contribution in [1.82, 2.24) is 10.2 Å². The zero-order valence-electron chi connectivity index (χ0n) is 8.99. The minimum atomic E-state index is -0.456. The predicted octanol–water partition coefficient (Wildman–Crippen LogP) is 2.51. The van der Waals surface area contributed by atoms with Gasteiger partial charge in [-0.25, -0.2) is 0 Å². The summed E-state index contributed by atoms with van der Waals surface area (Å²) in [4.78, 5) is 10.2. The largest absolute Gasteiger partial charge is 0.420 e. The monoisotopic (exact) mass is 251 g/mol. The van der Waals surface area contributed by atoms with Crippen molar-refractivity contribution in [3.63, 3.8) is 0 Å². The fraction of sp³-hybridized carbons (Fsp3) is 0.200. The third kappa shape index (κ3) is 2.62. The molecule has 2 aromatic rings. The van der Waals surface area contributed by atoms with Gasteiger partial charge in [-0.05, 0) is 12.3 Å². The highest BCUT2D eigenvalue weighted by Crippen LogP contribution is 2.23. The van der Waals surface area contributed by atoms with Crippen LogP contribution in [0.3, 0.4) is 0 Å². The zero-order valence-corrected chi connectivity index (χ0v) is 9.81. The maximum atomic E-state index is 10.6. The highest BCUT2D eigenvalue weighted by molar-refractivity contribution is 7.97. The quantitative estimate of drug-likeness (QED) is 0.613. The molecule has 0 aliphatic rings. The second kappa shape index (κ2) is 4.96. The van der Waals surface area contributed by atoms with Crippen LogP contribution in [0, 0.1) is 10.1 Å². The Kier molecular flexibility index (Phi) is 3.38. The van der Waals surface area contributed by atoms with Crippen molar-refractivity contribution in [2.24, 2.45) is 0 Å². The number of nitro benzene ring substituents is 1. The molecule has 0 unspecified atom stereocenters. The lowest BCUT2D eigenvalue weighted by Crippen LogP contribution is -1.88. The lowest BCUT2D eigenvalue weighted by molar-refractivity contribution is -0.384. The molecule has 1 aromatic carbocycles. The van der Waals surface area contributed by atoms with Crippen LogP contribution in [0.25, 0.3) is 11.5 Å². The van der Waals surface area contributed by atoms with Crippen LogP contribution in [0.5, 0.6) is 0 Å². The number of nitro groups is 1. The number of nitrogens with zero attached hydrogens (tertiary/aromatic N) is 3. The van der Waals surface area contributed by atoms with E-state index in [1.165, 1.54) is 12.1 Å². The van der Waals surface area contributed by atoms with E-state index in [0.29, 0.717) is 23.1 Å². The van der Waals surface area contributed by atoms with Gasteiger partial charge in [0.25, 0.3) is 5.69 Å². The summed E-state index contributed by atoms with van der Waals surface area (Å²) in [5, 5.41) is 18.3. The number of non-ortho nitro benzene ring substituents is 1. The van der Waals surface area contributed by atoms with E-state index in [9.17, 15) is 10.1 Å². The van der Waals surface area contributed by atoms with Gasteiger partial charge in [0.05, 0.1) is 10.7 Å². The van der Waals surface area contributed by atoms with Crippen LogP contribution in [0.1, 0.15) is 5.89 Å². The molecule has 2 rings (SSSR count). The second-order valence-corrected chi connectivity index (χ2v) is 4.11. The number of rotatable bonds is 4. The highest BCUT2D eigenvalue weighted by atomic mass is 32.2. The van der Waals surface area contributed by atoms with Crippen LogP contribution in [-0.4, -0.2) is 21.4 Å². The Balaban J connectivity index is 2.32. The Morgan fingerprint density at radius 1 is 1.47 bits per heavy atom. The molecule has 0 N–H and O–H groups in total. The summed E-state index contributed by atoms with van der Waals surface area (Å²) in [6.45, 7) is 0.